The molecule has 102 valence electrons. The van der Waals surface area contributed by atoms with Crippen molar-refractivity contribution in [1.29, 1.82) is 0 Å². The van der Waals surface area contributed by atoms with Crippen molar-refractivity contribution in [3.05, 3.63) is 59.7 Å². The highest BCUT2D eigenvalue weighted by molar-refractivity contribution is 5.92. The first kappa shape index (κ1) is 12.7. The second-order valence-corrected chi connectivity index (χ2v) is 5.08. The third-order valence-electron chi connectivity index (χ3n) is 3.47. The van der Waals surface area contributed by atoms with E-state index in [4.69, 9.17) is 5.73 Å². The zero-order chi connectivity index (χ0) is 13.9. The molecule has 1 aliphatic heterocycles. The van der Waals surface area contributed by atoms with E-state index < -0.39 is 0 Å². The average molecular weight is 267 g/mol. The molecule has 0 atom stereocenters. The van der Waals surface area contributed by atoms with Gasteiger partial charge in [0.2, 0.25) is 5.91 Å². The van der Waals surface area contributed by atoms with Gasteiger partial charge in [-0.1, -0.05) is 24.3 Å². The highest BCUT2D eigenvalue weighted by Gasteiger charge is 2.20. The molecule has 2 aromatic rings. The second-order valence-electron chi connectivity index (χ2n) is 5.08. The minimum absolute atomic E-state index is 0.00239. The summed E-state index contributed by atoms with van der Waals surface area (Å²) >= 11 is 0. The molecule has 4 heteroatoms. The van der Waals surface area contributed by atoms with Gasteiger partial charge in [-0.05, 0) is 35.4 Å². The van der Waals surface area contributed by atoms with Crippen molar-refractivity contribution in [3.8, 4) is 0 Å². The van der Waals surface area contributed by atoms with Gasteiger partial charge in [0.15, 0.2) is 0 Å². The largest absolute Gasteiger partial charge is 0.399 e. The first-order valence-corrected chi connectivity index (χ1v) is 6.65. The van der Waals surface area contributed by atoms with Gasteiger partial charge in [-0.15, -0.1) is 0 Å². The number of anilines is 2. The number of fused-ring (bicyclic) bond motifs is 1. The van der Waals surface area contributed by atoms with Crippen LogP contribution < -0.4 is 11.1 Å². The first-order chi connectivity index (χ1) is 9.70. The molecule has 1 heterocycles. The molecular weight excluding hydrogens is 250 g/mol. The number of carbonyl (C=O) groups is 1. The molecule has 0 spiro atoms. The molecule has 0 aromatic heterocycles. The minimum atomic E-state index is 0.00239. The number of nitrogen functional groups attached to an aromatic ring is 1. The molecule has 0 aliphatic carbocycles. The van der Waals surface area contributed by atoms with Crippen LogP contribution in [0.1, 0.15) is 11.1 Å². The molecule has 3 rings (SSSR count). The van der Waals surface area contributed by atoms with Crippen LogP contribution in [0.5, 0.6) is 0 Å². The van der Waals surface area contributed by atoms with Gasteiger partial charge in [0, 0.05) is 24.5 Å². The SMILES string of the molecule is Nc1ccc(NC(=O)CN2Cc3ccccc3C2)cc1. The third-order valence-corrected chi connectivity index (χ3v) is 3.47. The van der Waals surface area contributed by atoms with Gasteiger partial charge >= 0.3 is 0 Å². The van der Waals surface area contributed by atoms with Crippen LogP contribution in [-0.2, 0) is 17.9 Å². The van der Waals surface area contributed by atoms with Gasteiger partial charge < -0.3 is 11.1 Å². The summed E-state index contributed by atoms with van der Waals surface area (Å²) in [4.78, 5) is 14.2. The van der Waals surface area contributed by atoms with Gasteiger partial charge in [0.25, 0.3) is 0 Å². The van der Waals surface area contributed by atoms with Gasteiger partial charge in [-0.3, -0.25) is 9.69 Å². The van der Waals surface area contributed by atoms with Crippen LogP contribution >= 0.6 is 0 Å². The Hall–Kier alpha value is -2.33. The number of carbonyl (C=O) groups excluding carboxylic acids is 1. The highest BCUT2D eigenvalue weighted by atomic mass is 16.2. The van der Waals surface area contributed by atoms with E-state index >= 15 is 0 Å². The first-order valence-electron chi connectivity index (χ1n) is 6.65. The van der Waals surface area contributed by atoms with Crippen molar-refractivity contribution in [3.63, 3.8) is 0 Å². The fourth-order valence-corrected chi connectivity index (χ4v) is 2.49. The van der Waals surface area contributed by atoms with E-state index in [0.717, 1.165) is 18.8 Å². The lowest BCUT2D eigenvalue weighted by Gasteiger charge is -2.14. The summed E-state index contributed by atoms with van der Waals surface area (Å²) < 4.78 is 0. The second kappa shape index (κ2) is 5.35. The Balaban J connectivity index is 1.57. The fourth-order valence-electron chi connectivity index (χ4n) is 2.49. The molecule has 1 amide bonds. The van der Waals surface area contributed by atoms with E-state index in [2.05, 4.69) is 22.3 Å². The molecule has 0 saturated heterocycles. The fraction of sp³-hybridized carbons (Fsp3) is 0.188. The Morgan fingerprint density at radius 3 is 2.25 bits per heavy atom. The van der Waals surface area contributed by atoms with E-state index in [-0.39, 0.29) is 5.91 Å². The lowest BCUT2D eigenvalue weighted by molar-refractivity contribution is -0.117. The lowest BCUT2D eigenvalue weighted by atomic mass is 10.1. The van der Waals surface area contributed by atoms with Crippen molar-refractivity contribution < 1.29 is 4.79 Å². The van der Waals surface area contributed by atoms with Crippen LogP contribution in [0.15, 0.2) is 48.5 Å². The summed E-state index contributed by atoms with van der Waals surface area (Å²) in [6.07, 6.45) is 0. The standard InChI is InChI=1S/C16H17N3O/c17-14-5-7-15(8-6-14)18-16(20)11-19-9-12-3-1-2-4-13(12)10-19/h1-8H,9-11,17H2,(H,18,20). The molecule has 2 aromatic carbocycles. The zero-order valence-corrected chi connectivity index (χ0v) is 11.2. The smallest absolute Gasteiger partial charge is 0.238 e. The number of nitrogens with zero attached hydrogens (tertiary/aromatic N) is 1. The van der Waals surface area contributed by atoms with Crippen molar-refractivity contribution in [2.45, 2.75) is 13.1 Å². The zero-order valence-electron chi connectivity index (χ0n) is 11.2. The van der Waals surface area contributed by atoms with Crippen LogP contribution in [0.3, 0.4) is 0 Å². The van der Waals surface area contributed by atoms with Crippen molar-refractivity contribution in [2.75, 3.05) is 17.6 Å². The minimum Gasteiger partial charge on any atom is -0.399 e. The molecule has 1 aliphatic rings. The number of nitrogens with two attached hydrogens (primary N) is 1. The molecular formula is C16H17N3O. The van der Waals surface area contributed by atoms with Crippen LogP contribution in [-0.4, -0.2) is 17.4 Å². The number of rotatable bonds is 3. The number of nitrogens with one attached hydrogen (secondary N) is 1. The number of amides is 1. The summed E-state index contributed by atoms with van der Waals surface area (Å²) in [6, 6.07) is 15.5. The van der Waals surface area contributed by atoms with Crippen LogP contribution in [0.25, 0.3) is 0 Å². The van der Waals surface area contributed by atoms with Crippen molar-refractivity contribution in [1.82, 2.24) is 4.90 Å². The van der Waals surface area contributed by atoms with Crippen LogP contribution in [0.4, 0.5) is 11.4 Å². The lowest BCUT2D eigenvalue weighted by Crippen LogP contribution is -2.29. The highest BCUT2D eigenvalue weighted by Crippen LogP contribution is 2.21. The maximum atomic E-state index is 12.0. The van der Waals surface area contributed by atoms with Crippen molar-refractivity contribution >= 4 is 17.3 Å². The summed E-state index contributed by atoms with van der Waals surface area (Å²) in [5, 5.41) is 2.89. The maximum Gasteiger partial charge on any atom is 0.238 e. The van der Waals surface area contributed by atoms with E-state index in [1.807, 2.05) is 24.3 Å². The summed E-state index contributed by atoms with van der Waals surface area (Å²) in [6.45, 7) is 2.08. The normalized spacial score (nSPS) is 14.0. The predicted octanol–water partition coefficient (Wildman–Crippen LogP) is 2.22. The Kier molecular flexibility index (Phi) is 3.39. The van der Waals surface area contributed by atoms with Gasteiger partial charge in [0.05, 0.1) is 6.54 Å². The van der Waals surface area contributed by atoms with E-state index in [1.54, 1.807) is 12.1 Å². The number of hydrogen-bond acceptors (Lipinski definition) is 3. The summed E-state index contributed by atoms with van der Waals surface area (Å²) in [5.74, 6) is 0.00239. The Morgan fingerprint density at radius 2 is 1.65 bits per heavy atom. The van der Waals surface area contributed by atoms with E-state index in [1.165, 1.54) is 11.1 Å². The molecule has 0 radical (unpaired) electrons. The van der Waals surface area contributed by atoms with E-state index in [0.29, 0.717) is 12.2 Å². The quantitative estimate of drug-likeness (QED) is 0.838. The molecule has 3 N–H and O–H groups in total. The Morgan fingerprint density at radius 1 is 1.05 bits per heavy atom. The Labute approximate surface area is 118 Å². The molecule has 4 nitrogen and oxygen atoms in total. The molecule has 0 bridgehead atoms. The number of benzene rings is 2. The molecule has 0 unspecified atom stereocenters. The predicted molar refractivity (Wildman–Crippen MR) is 80.0 cm³/mol. The van der Waals surface area contributed by atoms with Crippen LogP contribution in [0, 0.1) is 0 Å². The summed E-state index contributed by atoms with van der Waals surface area (Å²) in [7, 11) is 0. The number of hydrogen-bond donors (Lipinski definition) is 2. The van der Waals surface area contributed by atoms with Gasteiger partial charge in [-0.25, -0.2) is 0 Å². The summed E-state index contributed by atoms with van der Waals surface area (Å²) in [5.41, 5.74) is 9.71. The third kappa shape index (κ3) is 2.81. The molecule has 0 saturated carbocycles. The average Bonchev–Trinajstić information content (AvgIpc) is 2.83. The van der Waals surface area contributed by atoms with Gasteiger partial charge in [-0.2, -0.15) is 0 Å². The van der Waals surface area contributed by atoms with Crippen LogP contribution in [0.2, 0.25) is 0 Å². The van der Waals surface area contributed by atoms with E-state index in [9.17, 15) is 4.79 Å². The molecule has 20 heavy (non-hydrogen) atoms. The maximum absolute atomic E-state index is 12.0. The van der Waals surface area contributed by atoms with Gasteiger partial charge in [0.1, 0.15) is 0 Å². The molecule has 0 fully saturated rings. The van der Waals surface area contributed by atoms with Crippen molar-refractivity contribution in [2.24, 2.45) is 0 Å². The topological polar surface area (TPSA) is 58.4 Å². The Bertz CT molecular complexity index is 597. The monoisotopic (exact) mass is 267 g/mol.